The topological polar surface area (TPSA) is 55.5 Å². The lowest BCUT2D eigenvalue weighted by molar-refractivity contribution is 0.187. The average Bonchev–Trinajstić information content (AvgIpc) is 2.82. The zero-order chi connectivity index (χ0) is 13.8. The van der Waals surface area contributed by atoms with E-state index in [1.165, 1.54) is 0 Å². The first-order chi connectivity index (χ1) is 9.73. The molecular weight excluding hydrogens is 274 g/mol. The number of benzene rings is 2. The van der Waals surface area contributed by atoms with E-state index >= 15 is 0 Å². The van der Waals surface area contributed by atoms with Crippen LogP contribution in [0.5, 0.6) is 11.5 Å². The van der Waals surface area contributed by atoms with Gasteiger partial charge >= 0.3 is 11.2 Å². The average molecular weight is 285 g/mol. The molecule has 0 fully saturated rings. The first-order valence-electron chi connectivity index (χ1n) is 5.96. The minimum Gasteiger partial charge on any atom is -0.437 e. The number of azo groups is 1. The van der Waals surface area contributed by atoms with Crippen LogP contribution in [0, 0.1) is 0 Å². The number of para-hydroxylation sites is 2. The zero-order valence-electron chi connectivity index (χ0n) is 10.4. The fourth-order valence-corrected chi connectivity index (χ4v) is 1.84. The molecule has 1 aliphatic heterocycles. The van der Waals surface area contributed by atoms with Gasteiger partial charge in [0.15, 0.2) is 0 Å². The molecule has 1 heterocycles. The maximum absolute atomic E-state index is 5.57. The highest BCUT2D eigenvalue weighted by molar-refractivity contribution is 7.81. The standard InChI is InChI=1S/C14H11N3O2S/c20-14(19-12-9-5-2-6-10-12)15-13(16-17-14)18-11-7-3-1-4-8-11/h1-10,20H. The Kier molecular flexibility index (Phi) is 3.39. The molecule has 0 aliphatic carbocycles. The van der Waals surface area contributed by atoms with E-state index in [1.807, 2.05) is 36.4 Å². The summed E-state index contributed by atoms with van der Waals surface area (Å²) in [5.41, 5.74) is 0. The number of hydrogen-bond donors (Lipinski definition) is 1. The zero-order valence-corrected chi connectivity index (χ0v) is 11.3. The van der Waals surface area contributed by atoms with Crippen molar-refractivity contribution in [2.24, 2.45) is 15.2 Å². The summed E-state index contributed by atoms with van der Waals surface area (Å²) in [6.45, 7) is 0. The second-order valence-corrected chi connectivity index (χ2v) is 4.58. The van der Waals surface area contributed by atoms with E-state index in [-0.39, 0.29) is 6.02 Å². The van der Waals surface area contributed by atoms with E-state index in [0.29, 0.717) is 11.5 Å². The smallest absolute Gasteiger partial charge is 0.370 e. The molecule has 6 heteroatoms. The van der Waals surface area contributed by atoms with E-state index in [4.69, 9.17) is 9.47 Å². The molecule has 3 rings (SSSR count). The molecule has 2 aromatic rings. The molecule has 0 saturated carbocycles. The number of hydrogen-bond acceptors (Lipinski definition) is 6. The summed E-state index contributed by atoms with van der Waals surface area (Å²) in [7, 11) is 0. The van der Waals surface area contributed by atoms with Gasteiger partial charge in [-0.15, -0.1) is 5.11 Å². The Morgan fingerprint density at radius 3 is 2.10 bits per heavy atom. The fraction of sp³-hybridized carbons (Fsp3) is 0.0714. The lowest BCUT2D eigenvalue weighted by atomic mass is 10.3. The summed E-state index contributed by atoms with van der Waals surface area (Å²) in [6, 6.07) is 18.5. The van der Waals surface area contributed by atoms with Crippen molar-refractivity contribution in [3.8, 4) is 11.5 Å². The molecule has 0 amide bonds. The van der Waals surface area contributed by atoms with Gasteiger partial charge in [-0.05, 0) is 24.3 Å². The number of nitrogens with zero attached hydrogens (tertiary/aromatic N) is 3. The molecule has 0 saturated heterocycles. The summed E-state index contributed by atoms with van der Waals surface area (Å²) >= 11 is 4.27. The quantitative estimate of drug-likeness (QED) is 0.693. The molecule has 0 radical (unpaired) electrons. The van der Waals surface area contributed by atoms with Crippen LogP contribution in [0.2, 0.25) is 0 Å². The Morgan fingerprint density at radius 2 is 1.45 bits per heavy atom. The highest BCUT2D eigenvalue weighted by atomic mass is 32.1. The van der Waals surface area contributed by atoms with Gasteiger partial charge in [-0.1, -0.05) is 54.1 Å². The Hall–Kier alpha value is -2.34. The number of aliphatic imine (C=N–C) groups is 1. The van der Waals surface area contributed by atoms with Crippen molar-refractivity contribution in [1.82, 2.24) is 0 Å². The third-order valence-corrected chi connectivity index (χ3v) is 2.74. The van der Waals surface area contributed by atoms with Gasteiger partial charge < -0.3 is 9.47 Å². The highest BCUT2D eigenvalue weighted by Crippen LogP contribution is 2.29. The van der Waals surface area contributed by atoms with Crippen LogP contribution in [-0.4, -0.2) is 11.2 Å². The maximum atomic E-state index is 5.57. The Balaban J connectivity index is 1.73. The van der Waals surface area contributed by atoms with Gasteiger partial charge in [-0.3, -0.25) is 0 Å². The van der Waals surface area contributed by atoms with Crippen LogP contribution in [0.3, 0.4) is 0 Å². The van der Waals surface area contributed by atoms with Crippen LogP contribution in [0.1, 0.15) is 0 Å². The minimum absolute atomic E-state index is 0.113. The second kappa shape index (κ2) is 5.34. The predicted molar refractivity (Wildman–Crippen MR) is 78.1 cm³/mol. The van der Waals surface area contributed by atoms with Gasteiger partial charge in [0.25, 0.3) is 0 Å². The summed E-state index contributed by atoms with van der Waals surface area (Å²) in [4.78, 5) is 4.11. The second-order valence-electron chi connectivity index (χ2n) is 4.00. The van der Waals surface area contributed by atoms with E-state index < -0.39 is 5.18 Å². The van der Waals surface area contributed by atoms with Crippen LogP contribution in [0.15, 0.2) is 75.9 Å². The Bertz CT molecular complexity index is 646. The van der Waals surface area contributed by atoms with Crippen molar-refractivity contribution in [2.45, 2.75) is 5.18 Å². The Morgan fingerprint density at radius 1 is 0.850 bits per heavy atom. The summed E-state index contributed by atoms with van der Waals surface area (Å²) in [5, 5.41) is 6.33. The third-order valence-electron chi connectivity index (χ3n) is 2.46. The summed E-state index contributed by atoms with van der Waals surface area (Å²) in [5.74, 6) is 1.23. The third kappa shape index (κ3) is 2.97. The fourth-order valence-electron chi connectivity index (χ4n) is 1.60. The van der Waals surface area contributed by atoms with Crippen LogP contribution < -0.4 is 9.47 Å². The van der Waals surface area contributed by atoms with Gasteiger partial charge in [-0.25, -0.2) is 0 Å². The normalized spacial score (nSPS) is 20.6. The molecule has 20 heavy (non-hydrogen) atoms. The van der Waals surface area contributed by atoms with Gasteiger partial charge in [0, 0.05) is 0 Å². The molecule has 0 spiro atoms. The van der Waals surface area contributed by atoms with Crippen LogP contribution in [-0.2, 0) is 0 Å². The molecule has 0 bridgehead atoms. The van der Waals surface area contributed by atoms with Crippen molar-refractivity contribution < 1.29 is 9.47 Å². The van der Waals surface area contributed by atoms with Gasteiger partial charge in [0.2, 0.25) is 0 Å². The van der Waals surface area contributed by atoms with E-state index in [2.05, 4.69) is 27.8 Å². The predicted octanol–water partition coefficient (Wildman–Crippen LogP) is 3.51. The van der Waals surface area contributed by atoms with Gasteiger partial charge in [0.1, 0.15) is 11.5 Å². The van der Waals surface area contributed by atoms with Crippen LogP contribution in [0.4, 0.5) is 0 Å². The molecular formula is C14H11N3O2S. The largest absolute Gasteiger partial charge is 0.437 e. The molecule has 1 atom stereocenters. The molecule has 5 nitrogen and oxygen atoms in total. The lowest BCUT2D eigenvalue weighted by Gasteiger charge is -2.15. The molecule has 1 aliphatic rings. The maximum Gasteiger partial charge on any atom is 0.370 e. The van der Waals surface area contributed by atoms with Crippen LogP contribution in [0.25, 0.3) is 0 Å². The van der Waals surface area contributed by atoms with E-state index in [0.717, 1.165) is 0 Å². The van der Waals surface area contributed by atoms with Crippen molar-refractivity contribution in [2.75, 3.05) is 0 Å². The molecule has 2 aromatic carbocycles. The monoisotopic (exact) mass is 285 g/mol. The van der Waals surface area contributed by atoms with Crippen molar-refractivity contribution in [3.05, 3.63) is 60.7 Å². The first-order valence-corrected chi connectivity index (χ1v) is 6.40. The lowest BCUT2D eigenvalue weighted by Crippen LogP contribution is -2.22. The highest BCUT2D eigenvalue weighted by Gasteiger charge is 2.33. The SMILES string of the molecule is SC1(Oc2ccccc2)N=NC(Oc2ccccc2)=N1. The Labute approximate surface area is 121 Å². The van der Waals surface area contributed by atoms with Gasteiger partial charge in [0.05, 0.1) is 0 Å². The number of amidine groups is 1. The summed E-state index contributed by atoms with van der Waals surface area (Å²) in [6.07, 6.45) is 0. The van der Waals surface area contributed by atoms with Gasteiger partial charge in [-0.2, -0.15) is 4.99 Å². The van der Waals surface area contributed by atoms with Crippen molar-refractivity contribution >= 4 is 18.7 Å². The number of rotatable bonds is 3. The van der Waals surface area contributed by atoms with Crippen molar-refractivity contribution in [3.63, 3.8) is 0 Å². The molecule has 1 unspecified atom stereocenters. The molecule has 0 aromatic heterocycles. The first kappa shape index (κ1) is 12.7. The minimum atomic E-state index is -1.38. The van der Waals surface area contributed by atoms with Crippen molar-refractivity contribution in [1.29, 1.82) is 0 Å². The number of thiol groups is 1. The number of ether oxygens (including phenoxy) is 2. The van der Waals surface area contributed by atoms with E-state index in [1.54, 1.807) is 24.3 Å². The van der Waals surface area contributed by atoms with E-state index in [9.17, 15) is 0 Å². The molecule has 0 N–H and O–H groups in total. The molecule has 100 valence electrons. The van der Waals surface area contributed by atoms with Crippen LogP contribution >= 0.6 is 12.6 Å². The summed E-state index contributed by atoms with van der Waals surface area (Å²) < 4.78 is 11.0.